The lowest BCUT2D eigenvalue weighted by Crippen LogP contribution is -2.18. The van der Waals surface area contributed by atoms with Crippen molar-refractivity contribution < 1.29 is 22.7 Å². The van der Waals surface area contributed by atoms with E-state index in [2.05, 4.69) is 0 Å². The molecule has 0 N–H and O–H groups in total. The predicted molar refractivity (Wildman–Crippen MR) is 70.0 cm³/mol. The number of nitrogens with zero attached hydrogens (tertiary/aromatic N) is 1. The van der Waals surface area contributed by atoms with Crippen molar-refractivity contribution in [2.75, 3.05) is 20.3 Å². The number of carbonyl (C=O) groups is 1. The first-order valence-electron chi connectivity index (χ1n) is 6.95. The Morgan fingerprint density at radius 3 is 2.71 bits per heavy atom. The fraction of sp³-hybridized carbons (Fsp3) is 0.533. The van der Waals surface area contributed by atoms with Crippen molar-refractivity contribution in [1.29, 1.82) is 0 Å². The molecule has 1 amide bonds. The highest BCUT2D eigenvalue weighted by atomic mass is 19.4. The van der Waals surface area contributed by atoms with Gasteiger partial charge >= 0.3 is 6.18 Å². The van der Waals surface area contributed by atoms with Gasteiger partial charge in [0, 0.05) is 31.7 Å². The van der Waals surface area contributed by atoms with Crippen molar-refractivity contribution in [3.8, 4) is 0 Å². The summed E-state index contributed by atoms with van der Waals surface area (Å²) in [6.45, 7) is 1.08. The molecule has 1 atom stereocenters. The highest BCUT2D eigenvalue weighted by Gasteiger charge is 2.39. The quantitative estimate of drug-likeness (QED) is 0.797. The number of hydrogen-bond donors (Lipinski definition) is 0. The van der Waals surface area contributed by atoms with Crippen molar-refractivity contribution in [2.45, 2.75) is 31.5 Å². The molecule has 6 heteroatoms. The number of halogens is 3. The number of benzene rings is 1. The summed E-state index contributed by atoms with van der Waals surface area (Å²) in [5, 5.41) is 0. The zero-order valence-corrected chi connectivity index (χ0v) is 11.7. The largest absolute Gasteiger partial charge is 0.416 e. The Hall–Kier alpha value is -1.56. The Labute approximate surface area is 120 Å². The number of fused-ring (bicyclic) bond motifs is 1. The van der Waals surface area contributed by atoms with Gasteiger partial charge in [0.1, 0.15) is 0 Å². The molecular formula is C15H16F3NO2. The number of carbonyl (C=O) groups excluding carboxylic acids is 1. The Morgan fingerprint density at radius 2 is 2.10 bits per heavy atom. The predicted octanol–water partition coefficient (Wildman–Crippen LogP) is 3.19. The molecular weight excluding hydrogens is 283 g/mol. The van der Waals surface area contributed by atoms with Gasteiger partial charge in [-0.25, -0.2) is 0 Å². The highest BCUT2D eigenvalue weighted by Crippen LogP contribution is 2.40. The van der Waals surface area contributed by atoms with Gasteiger partial charge in [-0.3, -0.25) is 4.79 Å². The summed E-state index contributed by atoms with van der Waals surface area (Å²) in [5.41, 5.74) is 0.158. The second-order valence-electron chi connectivity index (χ2n) is 5.67. The van der Waals surface area contributed by atoms with Crippen LogP contribution in [0.5, 0.6) is 0 Å². The minimum absolute atomic E-state index is 0.0183. The summed E-state index contributed by atoms with van der Waals surface area (Å²) in [7, 11) is 1.52. The third-order valence-corrected chi connectivity index (χ3v) is 4.18. The van der Waals surface area contributed by atoms with Crippen LogP contribution in [0.25, 0.3) is 0 Å². The lowest BCUT2D eigenvalue weighted by atomic mass is 9.89. The molecule has 21 heavy (non-hydrogen) atoms. The van der Waals surface area contributed by atoms with Crippen LogP contribution in [0.3, 0.4) is 0 Å². The molecule has 0 bridgehead atoms. The minimum atomic E-state index is -4.44. The van der Waals surface area contributed by atoms with Crippen molar-refractivity contribution in [2.24, 2.45) is 0 Å². The van der Waals surface area contributed by atoms with Crippen LogP contribution in [0, 0.1) is 0 Å². The molecule has 3 rings (SSSR count). The van der Waals surface area contributed by atoms with Crippen LogP contribution in [0.2, 0.25) is 0 Å². The molecule has 1 fully saturated rings. The third kappa shape index (κ3) is 2.52. The molecule has 1 aromatic rings. The Kier molecular flexibility index (Phi) is 3.43. The van der Waals surface area contributed by atoms with Gasteiger partial charge in [-0.05, 0) is 36.1 Å². The topological polar surface area (TPSA) is 29.5 Å². The maximum atomic E-state index is 13.3. The summed E-state index contributed by atoms with van der Waals surface area (Å²) in [6, 6.07) is 2.82. The van der Waals surface area contributed by atoms with Crippen LogP contribution in [0.1, 0.15) is 45.8 Å². The fourth-order valence-electron chi connectivity index (χ4n) is 3.06. The van der Waals surface area contributed by atoms with E-state index in [9.17, 15) is 18.0 Å². The van der Waals surface area contributed by atoms with Crippen LogP contribution in [0.15, 0.2) is 12.1 Å². The van der Waals surface area contributed by atoms with Crippen molar-refractivity contribution in [1.82, 2.24) is 4.90 Å². The van der Waals surface area contributed by atoms with Crippen LogP contribution in [-0.2, 0) is 17.5 Å². The molecule has 2 aliphatic heterocycles. The van der Waals surface area contributed by atoms with Gasteiger partial charge < -0.3 is 9.64 Å². The number of amides is 1. The molecule has 0 aromatic heterocycles. The molecule has 0 radical (unpaired) electrons. The third-order valence-electron chi connectivity index (χ3n) is 4.18. The maximum absolute atomic E-state index is 13.3. The van der Waals surface area contributed by atoms with E-state index in [-0.39, 0.29) is 29.5 Å². The van der Waals surface area contributed by atoms with Gasteiger partial charge in [0.05, 0.1) is 12.2 Å². The Balaban J connectivity index is 2.10. The molecule has 1 unspecified atom stereocenters. The summed E-state index contributed by atoms with van der Waals surface area (Å²) < 4.78 is 45.2. The summed E-state index contributed by atoms with van der Waals surface area (Å²) >= 11 is 0. The van der Waals surface area contributed by atoms with E-state index in [4.69, 9.17) is 4.74 Å². The van der Waals surface area contributed by atoms with Crippen molar-refractivity contribution in [3.63, 3.8) is 0 Å². The molecule has 1 saturated heterocycles. The number of ether oxygens (including phenoxy) is 1. The average molecular weight is 299 g/mol. The number of hydrogen-bond acceptors (Lipinski definition) is 2. The van der Waals surface area contributed by atoms with Crippen LogP contribution < -0.4 is 0 Å². The summed E-state index contributed by atoms with van der Waals surface area (Å²) in [5.74, 6) is -0.405. The fourth-order valence-corrected chi connectivity index (χ4v) is 3.06. The second kappa shape index (κ2) is 5.02. The van der Waals surface area contributed by atoms with Crippen LogP contribution in [-0.4, -0.2) is 31.1 Å². The second-order valence-corrected chi connectivity index (χ2v) is 5.67. The van der Waals surface area contributed by atoms with Crippen molar-refractivity contribution in [3.05, 3.63) is 34.4 Å². The Morgan fingerprint density at radius 1 is 1.33 bits per heavy atom. The van der Waals surface area contributed by atoms with E-state index >= 15 is 0 Å². The normalized spacial score (nSPS) is 22.6. The SMILES string of the molecule is CN1Cc2c(cc(C3CCCOC3)cc2C(F)(F)F)C1=O. The molecule has 114 valence electrons. The van der Waals surface area contributed by atoms with Gasteiger partial charge in [-0.15, -0.1) is 0 Å². The van der Waals surface area contributed by atoms with Crippen molar-refractivity contribution >= 4 is 5.91 Å². The average Bonchev–Trinajstić information content (AvgIpc) is 2.73. The molecule has 2 aliphatic rings. The molecule has 0 aliphatic carbocycles. The van der Waals surface area contributed by atoms with Gasteiger partial charge in [0.15, 0.2) is 0 Å². The van der Waals surface area contributed by atoms with Crippen LogP contribution in [0.4, 0.5) is 13.2 Å². The lowest BCUT2D eigenvalue weighted by Gasteiger charge is -2.24. The van der Waals surface area contributed by atoms with E-state index in [0.29, 0.717) is 18.8 Å². The monoisotopic (exact) mass is 299 g/mol. The Bertz CT molecular complexity index is 577. The van der Waals surface area contributed by atoms with Gasteiger partial charge in [0.2, 0.25) is 0 Å². The smallest absolute Gasteiger partial charge is 0.381 e. The maximum Gasteiger partial charge on any atom is 0.416 e. The zero-order chi connectivity index (χ0) is 15.2. The molecule has 0 spiro atoms. The standard InChI is InChI=1S/C15H16F3NO2/c1-19-7-12-11(14(19)20)5-10(6-13(12)15(16,17)18)9-3-2-4-21-8-9/h5-6,9H,2-4,7-8H2,1H3. The van der Waals surface area contributed by atoms with E-state index < -0.39 is 11.7 Å². The van der Waals surface area contributed by atoms with E-state index in [1.165, 1.54) is 18.0 Å². The first-order valence-corrected chi connectivity index (χ1v) is 6.95. The van der Waals surface area contributed by atoms with Gasteiger partial charge in [-0.1, -0.05) is 0 Å². The zero-order valence-electron chi connectivity index (χ0n) is 11.7. The molecule has 1 aromatic carbocycles. The van der Waals surface area contributed by atoms with Crippen LogP contribution >= 0.6 is 0 Å². The number of rotatable bonds is 1. The minimum Gasteiger partial charge on any atom is -0.381 e. The molecule has 3 nitrogen and oxygen atoms in total. The lowest BCUT2D eigenvalue weighted by molar-refractivity contribution is -0.138. The molecule has 2 heterocycles. The summed E-state index contributed by atoms with van der Waals surface area (Å²) in [6.07, 6.45) is -2.82. The van der Waals surface area contributed by atoms with Gasteiger partial charge in [0.25, 0.3) is 5.91 Å². The first-order chi connectivity index (χ1) is 9.88. The van der Waals surface area contributed by atoms with E-state index in [0.717, 1.165) is 12.8 Å². The van der Waals surface area contributed by atoms with E-state index in [1.807, 2.05) is 0 Å². The number of alkyl halides is 3. The van der Waals surface area contributed by atoms with E-state index in [1.54, 1.807) is 6.07 Å². The molecule has 0 saturated carbocycles. The van der Waals surface area contributed by atoms with Gasteiger partial charge in [-0.2, -0.15) is 13.2 Å². The highest BCUT2D eigenvalue weighted by molar-refractivity contribution is 5.98. The summed E-state index contributed by atoms with van der Waals surface area (Å²) in [4.78, 5) is 13.4. The first kappa shape index (κ1) is 14.4.